The van der Waals surface area contributed by atoms with Crippen molar-refractivity contribution in [2.75, 3.05) is 13.1 Å². The number of hydrogen-bond acceptors (Lipinski definition) is 3. The molecule has 1 aliphatic rings. The first kappa shape index (κ1) is 15.8. The molecule has 1 saturated heterocycles. The number of likely N-dealkylation sites (tertiary alicyclic amines) is 1. The van der Waals surface area contributed by atoms with Gasteiger partial charge in [0.05, 0.1) is 18.3 Å². The summed E-state index contributed by atoms with van der Waals surface area (Å²) in [4.78, 5) is 18.6. The fraction of sp³-hybridized carbons (Fsp3) is 0.350. The Morgan fingerprint density at radius 1 is 1.08 bits per heavy atom. The van der Waals surface area contributed by atoms with E-state index in [1.807, 2.05) is 52.4 Å². The normalized spacial score (nSPS) is 15.6. The predicted octanol–water partition coefficient (Wildman–Crippen LogP) is 3.23. The molecule has 0 radical (unpaired) electrons. The zero-order valence-corrected chi connectivity index (χ0v) is 14.2. The second-order valence-corrected chi connectivity index (χ2v) is 6.61. The highest BCUT2D eigenvalue weighted by atomic mass is 16.2. The number of pyridine rings is 1. The highest BCUT2D eigenvalue weighted by Gasteiger charge is 2.23. The summed E-state index contributed by atoms with van der Waals surface area (Å²) in [6, 6.07) is 12.3. The molecular weight excluding hydrogens is 312 g/mol. The van der Waals surface area contributed by atoms with E-state index < -0.39 is 0 Å². The maximum atomic E-state index is 12.5. The average Bonchev–Trinajstić information content (AvgIpc) is 3.10. The van der Waals surface area contributed by atoms with Crippen molar-refractivity contribution in [2.24, 2.45) is 0 Å². The van der Waals surface area contributed by atoms with Crippen LogP contribution in [0.3, 0.4) is 0 Å². The monoisotopic (exact) mass is 334 g/mol. The topological polar surface area (TPSA) is 51.0 Å². The van der Waals surface area contributed by atoms with Crippen molar-refractivity contribution in [3.8, 4) is 0 Å². The number of para-hydroxylation sites is 1. The molecule has 128 valence electrons. The summed E-state index contributed by atoms with van der Waals surface area (Å²) in [6.45, 7) is 2.31. The quantitative estimate of drug-likeness (QED) is 0.736. The van der Waals surface area contributed by atoms with E-state index in [9.17, 15) is 4.79 Å². The van der Waals surface area contributed by atoms with Gasteiger partial charge in [-0.15, -0.1) is 0 Å². The Balaban J connectivity index is 1.32. The SMILES string of the molecule is O=C(CCn1ncc2ccccc21)N1CCC(c2ccncc2)CC1. The second kappa shape index (κ2) is 7.05. The van der Waals surface area contributed by atoms with Gasteiger partial charge in [-0.1, -0.05) is 18.2 Å². The molecule has 1 aromatic carbocycles. The molecule has 5 nitrogen and oxygen atoms in total. The molecule has 5 heteroatoms. The van der Waals surface area contributed by atoms with E-state index in [4.69, 9.17) is 0 Å². The van der Waals surface area contributed by atoms with E-state index in [1.165, 1.54) is 5.56 Å². The molecule has 1 fully saturated rings. The van der Waals surface area contributed by atoms with Gasteiger partial charge in [0.1, 0.15) is 0 Å². The zero-order chi connectivity index (χ0) is 17.1. The van der Waals surface area contributed by atoms with Gasteiger partial charge in [-0.25, -0.2) is 0 Å². The number of aromatic nitrogens is 3. The van der Waals surface area contributed by atoms with Crippen molar-refractivity contribution in [3.63, 3.8) is 0 Å². The first-order chi connectivity index (χ1) is 12.3. The number of hydrogen-bond donors (Lipinski definition) is 0. The molecule has 3 aromatic rings. The van der Waals surface area contributed by atoms with E-state index in [2.05, 4.69) is 22.2 Å². The van der Waals surface area contributed by atoms with E-state index in [-0.39, 0.29) is 5.91 Å². The number of nitrogens with zero attached hydrogens (tertiary/aromatic N) is 4. The van der Waals surface area contributed by atoms with Crippen molar-refractivity contribution in [1.82, 2.24) is 19.7 Å². The molecule has 0 spiro atoms. The summed E-state index contributed by atoms with van der Waals surface area (Å²) in [5, 5.41) is 5.52. The highest BCUT2D eigenvalue weighted by Crippen LogP contribution is 2.27. The molecular formula is C20H22N4O. The molecule has 0 aliphatic carbocycles. The third-order valence-electron chi connectivity index (χ3n) is 5.11. The summed E-state index contributed by atoms with van der Waals surface area (Å²) < 4.78 is 1.93. The van der Waals surface area contributed by atoms with Crippen LogP contribution in [0.5, 0.6) is 0 Å². The lowest BCUT2D eigenvalue weighted by atomic mass is 9.90. The lowest BCUT2D eigenvalue weighted by Crippen LogP contribution is -2.38. The van der Waals surface area contributed by atoms with Crippen LogP contribution in [0.2, 0.25) is 0 Å². The Bertz CT molecular complexity index is 850. The number of carbonyl (C=O) groups excluding carboxylic acids is 1. The molecule has 4 rings (SSSR count). The summed E-state index contributed by atoms with van der Waals surface area (Å²) >= 11 is 0. The van der Waals surface area contributed by atoms with Gasteiger partial charge >= 0.3 is 0 Å². The summed E-state index contributed by atoms with van der Waals surface area (Å²) in [7, 11) is 0. The molecule has 0 N–H and O–H groups in total. The molecule has 0 saturated carbocycles. The van der Waals surface area contributed by atoms with E-state index in [0.29, 0.717) is 18.9 Å². The largest absolute Gasteiger partial charge is 0.343 e. The molecule has 0 bridgehead atoms. The predicted molar refractivity (Wildman–Crippen MR) is 97.1 cm³/mol. The number of aryl methyl sites for hydroxylation is 1. The van der Waals surface area contributed by atoms with Crippen LogP contribution in [0.1, 0.15) is 30.7 Å². The lowest BCUT2D eigenvalue weighted by molar-refractivity contribution is -0.132. The maximum absolute atomic E-state index is 12.5. The minimum atomic E-state index is 0.229. The van der Waals surface area contributed by atoms with Crippen molar-refractivity contribution in [1.29, 1.82) is 0 Å². The van der Waals surface area contributed by atoms with Gasteiger partial charge in [0.15, 0.2) is 0 Å². The van der Waals surface area contributed by atoms with Crippen LogP contribution in [-0.2, 0) is 11.3 Å². The number of carbonyl (C=O) groups is 1. The summed E-state index contributed by atoms with van der Waals surface area (Å²) in [5.74, 6) is 0.773. The Morgan fingerprint density at radius 2 is 1.84 bits per heavy atom. The van der Waals surface area contributed by atoms with Gasteiger partial charge in [0.25, 0.3) is 0 Å². The molecule has 0 unspecified atom stereocenters. The first-order valence-electron chi connectivity index (χ1n) is 8.89. The number of amides is 1. The molecule has 3 heterocycles. The minimum absolute atomic E-state index is 0.229. The fourth-order valence-corrected chi connectivity index (χ4v) is 3.66. The smallest absolute Gasteiger partial charge is 0.224 e. The summed E-state index contributed by atoms with van der Waals surface area (Å²) in [6.07, 6.45) is 8.12. The Kier molecular flexibility index (Phi) is 4.46. The maximum Gasteiger partial charge on any atom is 0.224 e. The second-order valence-electron chi connectivity index (χ2n) is 6.61. The van der Waals surface area contributed by atoms with Crippen molar-refractivity contribution >= 4 is 16.8 Å². The highest BCUT2D eigenvalue weighted by molar-refractivity contribution is 5.79. The number of piperidine rings is 1. The molecule has 1 amide bonds. The minimum Gasteiger partial charge on any atom is -0.343 e. The standard InChI is InChI=1S/C20H22N4O/c25-20(9-14-24-19-4-2-1-3-18(19)15-22-24)23-12-7-17(8-13-23)16-5-10-21-11-6-16/h1-6,10-11,15,17H,7-9,12-14H2. The van der Waals surface area contributed by atoms with Crippen LogP contribution in [0, 0.1) is 0 Å². The summed E-state index contributed by atoms with van der Waals surface area (Å²) in [5.41, 5.74) is 2.43. The van der Waals surface area contributed by atoms with Gasteiger partial charge in [-0.3, -0.25) is 14.5 Å². The van der Waals surface area contributed by atoms with E-state index in [0.717, 1.165) is 36.8 Å². The lowest BCUT2D eigenvalue weighted by Gasteiger charge is -2.32. The van der Waals surface area contributed by atoms with Gasteiger partial charge in [-0.2, -0.15) is 5.10 Å². The van der Waals surface area contributed by atoms with E-state index in [1.54, 1.807) is 0 Å². The Hall–Kier alpha value is -2.69. The van der Waals surface area contributed by atoms with Crippen LogP contribution in [0.4, 0.5) is 0 Å². The number of rotatable bonds is 4. The van der Waals surface area contributed by atoms with E-state index >= 15 is 0 Å². The zero-order valence-electron chi connectivity index (χ0n) is 14.2. The van der Waals surface area contributed by atoms with Gasteiger partial charge in [0, 0.05) is 37.3 Å². The van der Waals surface area contributed by atoms with Gasteiger partial charge < -0.3 is 4.90 Å². The van der Waals surface area contributed by atoms with Crippen molar-refractivity contribution < 1.29 is 4.79 Å². The van der Waals surface area contributed by atoms with Crippen molar-refractivity contribution in [3.05, 3.63) is 60.6 Å². The van der Waals surface area contributed by atoms with Crippen molar-refractivity contribution in [2.45, 2.75) is 31.7 Å². The average molecular weight is 334 g/mol. The van der Waals surface area contributed by atoms with Crippen LogP contribution in [0.15, 0.2) is 55.0 Å². The third-order valence-corrected chi connectivity index (χ3v) is 5.11. The fourth-order valence-electron chi connectivity index (χ4n) is 3.66. The van der Waals surface area contributed by atoms with Crippen LogP contribution in [-0.4, -0.2) is 38.7 Å². The van der Waals surface area contributed by atoms with Crippen LogP contribution >= 0.6 is 0 Å². The molecule has 1 aliphatic heterocycles. The molecule has 25 heavy (non-hydrogen) atoms. The molecule has 2 aromatic heterocycles. The number of fused-ring (bicyclic) bond motifs is 1. The number of benzene rings is 1. The molecule has 0 atom stereocenters. The van der Waals surface area contributed by atoms with Gasteiger partial charge in [0.2, 0.25) is 5.91 Å². The first-order valence-corrected chi connectivity index (χ1v) is 8.89. The third kappa shape index (κ3) is 3.40. The van der Waals surface area contributed by atoms with Crippen LogP contribution < -0.4 is 0 Å². The van der Waals surface area contributed by atoms with Gasteiger partial charge in [-0.05, 0) is 42.5 Å². The Morgan fingerprint density at radius 3 is 2.64 bits per heavy atom. The Labute approximate surface area is 147 Å². The van der Waals surface area contributed by atoms with Crippen LogP contribution in [0.25, 0.3) is 10.9 Å².